The van der Waals surface area contributed by atoms with Crippen LogP contribution in [-0.2, 0) is 16.8 Å². The summed E-state index contributed by atoms with van der Waals surface area (Å²) in [6, 6.07) is 8.64. The van der Waals surface area contributed by atoms with Crippen molar-refractivity contribution in [2.24, 2.45) is 0 Å². The molecule has 2 aromatic rings. The fourth-order valence-electron chi connectivity index (χ4n) is 4.02. The molecule has 1 aromatic heterocycles. The molecule has 2 aliphatic rings. The average Bonchev–Trinajstić information content (AvgIpc) is 3.14. The summed E-state index contributed by atoms with van der Waals surface area (Å²) < 4.78 is 5.71. The minimum absolute atomic E-state index is 0.471. The molecule has 0 saturated carbocycles. The van der Waals surface area contributed by atoms with E-state index in [9.17, 15) is 15.0 Å². The van der Waals surface area contributed by atoms with Crippen LogP contribution in [-0.4, -0.2) is 45.8 Å². The summed E-state index contributed by atoms with van der Waals surface area (Å²) in [4.78, 5) is 18.1. The van der Waals surface area contributed by atoms with Crippen molar-refractivity contribution >= 4 is 5.97 Å². The van der Waals surface area contributed by atoms with Crippen molar-refractivity contribution in [1.82, 2.24) is 9.88 Å². The fourth-order valence-corrected chi connectivity index (χ4v) is 4.02. The Morgan fingerprint density at radius 1 is 1.23 bits per heavy atom. The van der Waals surface area contributed by atoms with Crippen molar-refractivity contribution in [3.05, 3.63) is 59.4 Å². The van der Waals surface area contributed by atoms with Gasteiger partial charge in [-0.25, -0.2) is 0 Å². The van der Waals surface area contributed by atoms with E-state index in [4.69, 9.17) is 4.74 Å². The summed E-state index contributed by atoms with van der Waals surface area (Å²) in [5, 5.41) is 20.9. The van der Waals surface area contributed by atoms with Crippen LogP contribution in [0.25, 0.3) is 0 Å². The molecule has 1 atom stereocenters. The third-order valence-corrected chi connectivity index (χ3v) is 5.46. The van der Waals surface area contributed by atoms with Crippen molar-refractivity contribution in [3.63, 3.8) is 0 Å². The molecule has 0 amide bonds. The molecule has 0 aliphatic carbocycles. The number of rotatable bonds is 4. The van der Waals surface area contributed by atoms with E-state index in [0.717, 1.165) is 17.5 Å². The molecule has 0 spiro atoms. The zero-order valence-electron chi connectivity index (χ0n) is 14.5. The van der Waals surface area contributed by atoms with Crippen LogP contribution in [0.4, 0.5) is 0 Å². The molecule has 0 radical (unpaired) electrons. The van der Waals surface area contributed by atoms with Gasteiger partial charge in [-0.05, 0) is 24.5 Å². The van der Waals surface area contributed by atoms with Crippen LogP contribution < -0.4 is 4.74 Å². The third-order valence-electron chi connectivity index (χ3n) is 5.46. The van der Waals surface area contributed by atoms with E-state index in [1.807, 2.05) is 35.2 Å². The van der Waals surface area contributed by atoms with Crippen LogP contribution >= 0.6 is 0 Å². The molecule has 0 unspecified atom stereocenters. The highest BCUT2D eigenvalue weighted by molar-refractivity contribution is 5.77. The number of benzene rings is 1. The second-order valence-corrected chi connectivity index (χ2v) is 6.98. The van der Waals surface area contributed by atoms with E-state index in [1.165, 1.54) is 0 Å². The van der Waals surface area contributed by atoms with Gasteiger partial charge in [0.05, 0.1) is 12.2 Å². The highest BCUT2D eigenvalue weighted by Crippen LogP contribution is 2.40. The lowest BCUT2D eigenvalue weighted by molar-refractivity contribution is -0.146. The number of carboxylic acid groups (broad SMARTS) is 1. The average molecular weight is 354 g/mol. The van der Waals surface area contributed by atoms with E-state index in [0.29, 0.717) is 43.9 Å². The molecule has 2 aliphatic heterocycles. The highest BCUT2D eigenvalue weighted by Gasteiger charge is 2.40. The van der Waals surface area contributed by atoms with E-state index in [-0.39, 0.29) is 0 Å². The maximum atomic E-state index is 12.1. The molecule has 2 N–H and O–H groups in total. The minimum Gasteiger partial charge on any atom is -0.493 e. The first-order chi connectivity index (χ1) is 12.6. The molecule has 136 valence electrons. The molecular weight excluding hydrogens is 332 g/mol. The number of piperidine rings is 1. The van der Waals surface area contributed by atoms with Gasteiger partial charge in [-0.2, -0.15) is 0 Å². The first kappa shape index (κ1) is 17.0. The maximum absolute atomic E-state index is 12.1. The topological polar surface area (TPSA) is 82.9 Å². The van der Waals surface area contributed by atoms with E-state index < -0.39 is 17.6 Å². The number of pyridine rings is 1. The number of hydrogen-bond donors (Lipinski definition) is 2. The largest absolute Gasteiger partial charge is 0.493 e. The van der Waals surface area contributed by atoms with Crippen LogP contribution in [0.2, 0.25) is 0 Å². The Hall–Kier alpha value is -2.44. The maximum Gasteiger partial charge on any atom is 0.325 e. The van der Waals surface area contributed by atoms with Gasteiger partial charge in [0.2, 0.25) is 0 Å². The van der Waals surface area contributed by atoms with Gasteiger partial charge in [0.15, 0.2) is 0 Å². The van der Waals surface area contributed by atoms with Crippen LogP contribution in [0.15, 0.2) is 42.7 Å². The first-order valence-corrected chi connectivity index (χ1v) is 8.93. The molecule has 1 fully saturated rings. The molecule has 26 heavy (non-hydrogen) atoms. The van der Waals surface area contributed by atoms with E-state index in [1.54, 1.807) is 12.4 Å². The lowest BCUT2D eigenvalue weighted by Crippen LogP contribution is -2.46. The molecule has 3 heterocycles. The van der Waals surface area contributed by atoms with Crippen molar-refractivity contribution in [2.45, 2.75) is 30.9 Å². The minimum atomic E-state index is -0.955. The number of aliphatic carboxylic acids is 1. The van der Waals surface area contributed by atoms with E-state index >= 15 is 0 Å². The monoisotopic (exact) mass is 354 g/mol. The van der Waals surface area contributed by atoms with Gasteiger partial charge in [-0.15, -0.1) is 0 Å². The Labute approximate surface area is 152 Å². The number of carboxylic acids is 1. The molecule has 0 bridgehead atoms. The van der Waals surface area contributed by atoms with Crippen molar-refractivity contribution in [2.75, 3.05) is 19.7 Å². The molecular formula is C20H22N2O4. The molecule has 1 aromatic carbocycles. The van der Waals surface area contributed by atoms with Crippen molar-refractivity contribution in [1.29, 1.82) is 0 Å². The molecule has 1 saturated heterocycles. The standard InChI is InChI=1S/C20H22N2O4/c23-19(24)17(16-5-1-3-14-6-12-26-18(14)16)22-10-7-20(25,8-11-22)15-4-2-9-21-13-15/h1-5,9,13,17,25H,6-8,10-12H2,(H,23,24)/t17-/m0/s1. The number of aromatic nitrogens is 1. The van der Waals surface area contributed by atoms with Gasteiger partial charge in [0, 0.05) is 43.0 Å². The number of para-hydroxylation sites is 1. The van der Waals surface area contributed by atoms with Gasteiger partial charge < -0.3 is 14.9 Å². The lowest BCUT2D eigenvalue weighted by atomic mass is 9.84. The van der Waals surface area contributed by atoms with Gasteiger partial charge in [0.25, 0.3) is 0 Å². The van der Waals surface area contributed by atoms with Gasteiger partial charge in [-0.3, -0.25) is 14.7 Å². The van der Waals surface area contributed by atoms with Gasteiger partial charge in [0.1, 0.15) is 11.8 Å². The number of likely N-dealkylation sites (tertiary alicyclic amines) is 1. The summed E-state index contributed by atoms with van der Waals surface area (Å²) >= 11 is 0. The number of carbonyl (C=O) groups is 1. The Morgan fingerprint density at radius 2 is 2.04 bits per heavy atom. The van der Waals surface area contributed by atoms with Crippen LogP contribution in [0.1, 0.15) is 35.6 Å². The Bertz CT molecular complexity index is 801. The van der Waals surface area contributed by atoms with Crippen molar-refractivity contribution in [3.8, 4) is 5.75 Å². The predicted molar refractivity (Wildman–Crippen MR) is 95.0 cm³/mol. The smallest absolute Gasteiger partial charge is 0.325 e. The number of hydrogen-bond acceptors (Lipinski definition) is 5. The van der Waals surface area contributed by atoms with Gasteiger partial charge >= 0.3 is 5.97 Å². The molecule has 6 nitrogen and oxygen atoms in total. The second-order valence-electron chi connectivity index (χ2n) is 6.98. The van der Waals surface area contributed by atoms with E-state index in [2.05, 4.69) is 4.98 Å². The molecule has 4 rings (SSSR count). The van der Waals surface area contributed by atoms with Gasteiger partial charge in [-0.1, -0.05) is 24.3 Å². The fraction of sp³-hybridized carbons (Fsp3) is 0.400. The molecule has 6 heteroatoms. The third kappa shape index (κ3) is 2.95. The number of nitrogens with zero attached hydrogens (tertiary/aromatic N) is 2. The summed E-state index contributed by atoms with van der Waals surface area (Å²) in [5.41, 5.74) is 1.61. The first-order valence-electron chi connectivity index (χ1n) is 8.93. The Morgan fingerprint density at radius 3 is 2.73 bits per heavy atom. The predicted octanol–water partition coefficient (Wildman–Crippen LogP) is 2.13. The number of fused-ring (bicyclic) bond motifs is 1. The number of aliphatic hydroxyl groups is 1. The van der Waals surface area contributed by atoms with Crippen LogP contribution in [0, 0.1) is 0 Å². The Balaban J connectivity index is 1.57. The summed E-state index contributed by atoms with van der Waals surface area (Å²) in [6.45, 7) is 1.58. The highest BCUT2D eigenvalue weighted by atomic mass is 16.5. The van der Waals surface area contributed by atoms with Crippen molar-refractivity contribution < 1.29 is 19.7 Å². The summed E-state index contributed by atoms with van der Waals surface area (Å²) in [6.07, 6.45) is 5.12. The normalized spacial score (nSPS) is 20.2. The number of ether oxygens (including phenoxy) is 1. The zero-order chi connectivity index (χ0) is 18.1. The SMILES string of the molecule is O=C(O)[C@H](c1cccc2c1OCC2)N1CCC(O)(c2cccnc2)CC1. The quantitative estimate of drug-likeness (QED) is 0.875. The Kier molecular flexibility index (Phi) is 4.38. The lowest BCUT2D eigenvalue weighted by Gasteiger charge is -2.40. The summed E-state index contributed by atoms with van der Waals surface area (Å²) in [7, 11) is 0. The van der Waals surface area contributed by atoms with Crippen LogP contribution in [0.3, 0.4) is 0 Å². The zero-order valence-corrected chi connectivity index (χ0v) is 14.5. The van der Waals surface area contributed by atoms with Crippen LogP contribution in [0.5, 0.6) is 5.75 Å². The second kappa shape index (κ2) is 6.70. The summed E-state index contributed by atoms with van der Waals surface area (Å²) in [5.74, 6) is -0.172.